The van der Waals surface area contributed by atoms with Gasteiger partial charge < -0.3 is 15.0 Å². The molecule has 2 N–H and O–H groups in total. The molecule has 0 saturated heterocycles. The predicted octanol–water partition coefficient (Wildman–Crippen LogP) is 1.68. The Balaban J connectivity index is 0.000000339. The first-order chi connectivity index (χ1) is 14.6. The molecule has 0 spiro atoms. The number of hydrogen-bond donors (Lipinski definition) is 2. The molecule has 1 aliphatic heterocycles. The highest BCUT2D eigenvalue weighted by Gasteiger charge is 2.38. The molecule has 2 aromatic rings. The summed E-state index contributed by atoms with van der Waals surface area (Å²) in [4.78, 5) is 27.9. The number of carbonyl (C=O) groups is 2. The lowest BCUT2D eigenvalue weighted by Crippen LogP contribution is -2.34. The molecule has 9 nitrogen and oxygen atoms in total. The van der Waals surface area contributed by atoms with Crippen molar-refractivity contribution in [3.8, 4) is 0 Å². The van der Waals surface area contributed by atoms with E-state index in [1.165, 1.54) is 12.0 Å². The molecule has 31 heavy (non-hydrogen) atoms. The summed E-state index contributed by atoms with van der Waals surface area (Å²) in [5.41, 5.74) is 2.19. The first-order valence-electron chi connectivity index (χ1n) is 9.94. The number of nitrogens with one attached hydrogen (secondary N) is 1. The highest BCUT2D eigenvalue weighted by atomic mass is 19.4. The number of hydrogen-bond acceptors (Lipinski definition) is 5. The zero-order valence-electron chi connectivity index (χ0n) is 17.1. The Labute approximate surface area is 176 Å². The lowest BCUT2D eigenvalue weighted by molar-refractivity contribution is -0.192. The van der Waals surface area contributed by atoms with Gasteiger partial charge in [0.15, 0.2) is 0 Å². The summed E-state index contributed by atoms with van der Waals surface area (Å²) in [6.07, 6.45) is 4.23. The zero-order valence-corrected chi connectivity index (χ0v) is 17.1. The van der Waals surface area contributed by atoms with Crippen molar-refractivity contribution in [3.63, 3.8) is 0 Å². The molecule has 0 aromatic carbocycles. The van der Waals surface area contributed by atoms with Crippen LogP contribution in [0, 0.1) is 5.92 Å². The monoisotopic (exact) mass is 442 g/mol. The first-order valence-corrected chi connectivity index (χ1v) is 9.94. The van der Waals surface area contributed by atoms with Gasteiger partial charge in [0.05, 0.1) is 25.0 Å². The van der Waals surface area contributed by atoms with E-state index in [2.05, 4.69) is 32.3 Å². The summed E-state index contributed by atoms with van der Waals surface area (Å²) in [6.45, 7) is 4.23. The van der Waals surface area contributed by atoms with Crippen LogP contribution < -0.4 is 5.32 Å². The normalized spacial score (nSPS) is 16.6. The van der Waals surface area contributed by atoms with Crippen LogP contribution in [0.5, 0.6) is 0 Å². The fourth-order valence-electron chi connectivity index (χ4n) is 3.39. The van der Waals surface area contributed by atoms with Crippen molar-refractivity contribution in [1.29, 1.82) is 0 Å². The van der Waals surface area contributed by atoms with Crippen LogP contribution in [0.4, 0.5) is 13.2 Å². The summed E-state index contributed by atoms with van der Waals surface area (Å²) in [5.74, 6) is -1.26. The summed E-state index contributed by atoms with van der Waals surface area (Å²) < 4.78 is 35.8. The molecule has 2 aromatic heterocycles. The maximum absolute atomic E-state index is 11.9. The van der Waals surface area contributed by atoms with E-state index in [1.807, 2.05) is 17.9 Å². The third-order valence-electron chi connectivity index (χ3n) is 5.26. The zero-order chi connectivity index (χ0) is 22.6. The SMILES string of the molecule is Cn1cc(CN2CCn3cc(CNC(=O)C4CCC4)nc3C2)cn1.O=C(O)C(F)(F)F. The van der Waals surface area contributed by atoms with Crippen molar-refractivity contribution in [1.82, 2.24) is 29.5 Å². The number of aromatic nitrogens is 4. The van der Waals surface area contributed by atoms with Gasteiger partial charge in [0.25, 0.3) is 0 Å². The van der Waals surface area contributed by atoms with Crippen molar-refractivity contribution in [2.75, 3.05) is 6.54 Å². The van der Waals surface area contributed by atoms with Gasteiger partial charge in [-0.2, -0.15) is 18.3 Å². The molecule has 12 heteroatoms. The predicted molar refractivity (Wildman–Crippen MR) is 102 cm³/mol. The van der Waals surface area contributed by atoms with Crippen LogP contribution in [0.15, 0.2) is 18.6 Å². The van der Waals surface area contributed by atoms with Gasteiger partial charge in [-0.25, -0.2) is 9.78 Å². The van der Waals surface area contributed by atoms with Gasteiger partial charge in [-0.15, -0.1) is 0 Å². The summed E-state index contributed by atoms with van der Waals surface area (Å²) in [7, 11) is 1.94. The molecule has 0 atom stereocenters. The Morgan fingerprint density at radius 1 is 1.26 bits per heavy atom. The third-order valence-corrected chi connectivity index (χ3v) is 5.26. The van der Waals surface area contributed by atoms with E-state index in [9.17, 15) is 18.0 Å². The topological polar surface area (TPSA) is 105 Å². The summed E-state index contributed by atoms with van der Waals surface area (Å²) in [6, 6.07) is 0. The minimum Gasteiger partial charge on any atom is -0.475 e. The van der Waals surface area contributed by atoms with Gasteiger partial charge in [-0.1, -0.05) is 6.42 Å². The number of halogens is 3. The fraction of sp³-hybridized carbons (Fsp3) is 0.579. The van der Waals surface area contributed by atoms with Crippen LogP contribution in [-0.4, -0.2) is 53.9 Å². The van der Waals surface area contributed by atoms with Crippen molar-refractivity contribution in [2.24, 2.45) is 13.0 Å². The number of aliphatic carboxylic acids is 1. The molecule has 0 radical (unpaired) electrons. The number of carboxylic acids is 1. The van der Waals surface area contributed by atoms with E-state index in [4.69, 9.17) is 14.9 Å². The quantitative estimate of drug-likeness (QED) is 0.730. The van der Waals surface area contributed by atoms with Crippen LogP contribution in [0.25, 0.3) is 0 Å². The number of fused-ring (bicyclic) bond motifs is 1. The van der Waals surface area contributed by atoms with Gasteiger partial charge in [0, 0.05) is 50.6 Å². The first kappa shape index (κ1) is 22.8. The van der Waals surface area contributed by atoms with E-state index < -0.39 is 12.1 Å². The number of carbonyl (C=O) groups excluding carboxylic acids is 1. The highest BCUT2D eigenvalue weighted by molar-refractivity contribution is 5.79. The highest BCUT2D eigenvalue weighted by Crippen LogP contribution is 2.26. The van der Waals surface area contributed by atoms with Crippen molar-refractivity contribution >= 4 is 11.9 Å². The maximum atomic E-state index is 11.9. The van der Waals surface area contributed by atoms with Crippen LogP contribution in [0.2, 0.25) is 0 Å². The van der Waals surface area contributed by atoms with Crippen molar-refractivity contribution in [2.45, 2.75) is 51.6 Å². The number of nitrogens with zero attached hydrogens (tertiary/aromatic N) is 5. The van der Waals surface area contributed by atoms with Gasteiger partial charge in [0.2, 0.25) is 5.91 Å². The van der Waals surface area contributed by atoms with Crippen LogP contribution in [-0.2, 0) is 42.8 Å². The Kier molecular flexibility index (Phi) is 6.98. The van der Waals surface area contributed by atoms with Crippen LogP contribution >= 0.6 is 0 Å². The Bertz CT molecular complexity index is 919. The fourth-order valence-corrected chi connectivity index (χ4v) is 3.39. The van der Waals surface area contributed by atoms with Gasteiger partial charge >= 0.3 is 12.1 Å². The third kappa shape index (κ3) is 6.29. The number of rotatable bonds is 5. The molecule has 0 unspecified atom stereocenters. The molecule has 170 valence electrons. The number of alkyl halides is 3. The van der Waals surface area contributed by atoms with E-state index in [0.717, 1.165) is 50.5 Å². The van der Waals surface area contributed by atoms with E-state index in [-0.39, 0.29) is 11.8 Å². The molecule has 1 amide bonds. The van der Waals surface area contributed by atoms with Crippen molar-refractivity contribution in [3.05, 3.63) is 35.7 Å². The molecular formula is C19H25F3N6O3. The second kappa shape index (κ2) is 9.50. The molecule has 4 rings (SSSR count). The second-order valence-electron chi connectivity index (χ2n) is 7.72. The lowest BCUT2D eigenvalue weighted by Gasteiger charge is -2.26. The largest absolute Gasteiger partial charge is 0.490 e. The average Bonchev–Trinajstić information content (AvgIpc) is 3.23. The van der Waals surface area contributed by atoms with Crippen LogP contribution in [0.3, 0.4) is 0 Å². The minimum atomic E-state index is -5.08. The Morgan fingerprint density at radius 2 is 1.97 bits per heavy atom. The summed E-state index contributed by atoms with van der Waals surface area (Å²) in [5, 5.41) is 14.4. The Hall–Kier alpha value is -2.89. The smallest absolute Gasteiger partial charge is 0.475 e. The molecule has 3 heterocycles. The number of aryl methyl sites for hydroxylation is 1. The number of amides is 1. The Morgan fingerprint density at radius 3 is 2.52 bits per heavy atom. The summed E-state index contributed by atoms with van der Waals surface area (Å²) >= 11 is 0. The molecular weight excluding hydrogens is 417 g/mol. The van der Waals surface area contributed by atoms with Crippen LogP contribution in [0.1, 0.15) is 36.3 Å². The van der Waals surface area contributed by atoms with E-state index >= 15 is 0 Å². The number of carboxylic acid groups (broad SMARTS) is 1. The van der Waals surface area contributed by atoms with Gasteiger partial charge in [-0.05, 0) is 12.8 Å². The number of imidazole rings is 1. The molecule has 0 bridgehead atoms. The van der Waals surface area contributed by atoms with Crippen molar-refractivity contribution < 1.29 is 27.9 Å². The minimum absolute atomic E-state index is 0.186. The average molecular weight is 442 g/mol. The van der Waals surface area contributed by atoms with Gasteiger partial charge in [0.1, 0.15) is 5.82 Å². The van der Waals surface area contributed by atoms with E-state index in [1.54, 1.807) is 0 Å². The van der Waals surface area contributed by atoms with Gasteiger partial charge in [-0.3, -0.25) is 14.4 Å². The molecule has 1 fully saturated rings. The molecule has 1 saturated carbocycles. The van der Waals surface area contributed by atoms with E-state index in [0.29, 0.717) is 6.54 Å². The standard InChI is InChI=1S/C17H24N6O.C2HF3O2/c1-21-9-13(7-19-21)10-22-5-6-23-11-15(20-16(23)12-22)8-18-17(24)14-3-2-4-14;3-2(4,5)1(6)7/h7,9,11,14H,2-6,8,10,12H2,1H3,(H,18,24);(H,6,7). The molecule has 2 aliphatic rings. The maximum Gasteiger partial charge on any atom is 0.490 e. The second-order valence-corrected chi connectivity index (χ2v) is 7.72. The molecule has 1 aliphatic carbocycles. The lowest BCUT2D eigenvalue weighted by atomic mass is 9.85.